The van der Waals surface area contributed by atoms with Crippen LogP contribution in [-0.4, -0.2) is 52.5 Å². The molecule has 1 saturated heterocycles. The molecule has 1 N–H and O–H groups in total. The number of thiazole rings is 1. The van der Waals surface area contributed by atoms with Gasteiger partial charge in [0, 0.05) is 75.8 Å². The van der Waals surface area contributed by atoms with Crippen molar-refractivity contribution in [3.05, 3.63) is 114 Å². The molecule has 1 aliphatic rings. The Bertz CT molecular complexity index is 1990. The molecule has 0 radical (unpaired) electrons. The highest BCUT2D eigenvalue weighted by Gasteiger charge is 2.31. The number of likely N-dealkylation sites (tertiary alicyclic amines) is 1. The van der Waals surface area contributed by atoms with Crippen LogP contribution in [0.15, 0.2) is 59.8 Å². The summed E-state index contributed by atoms with van der Waals surface area (Å²) in [5.74, 6) is 6.03. The molecule has 0 spiro atoms. The van der Waals surface area contributed by atoms with Crippen LogP contribution in [0.25, 0.3) is 0 Å². The van der Waals surface area contributed by atoms with Crippen LogP contribution in [0.3, 0.4) is 0 Å². The van der Waals surface area contributed by atoms with E-state index in [2.05, 4.69) is 187 Å². The molecule has 11 heteroatoms. The molecule has 1 atom stereocenters. The molecular weight excluding hydrogens is 915 g/mol. The summed E-state index contributed by atoms with van der Waals surface area (Å²) in [5, 5.41) is 8.51. The predicted molar refractivity (Wildman–Crippen MR) is 309 cm³/mol. The van der Waals surface area contributed by atoms with Crippen molar-refractivity contribution in [1.82, 2.24) is 34.0 Å². The maximum Gasteiger partial charge on any atom is 0.254 e. The number of H-pyrrole nitrogens is 1. The van der Waals surface area contributed by atoms with Gasteiger partial charge in [-0.3, -0.25) is 19.7 Å². The van der Waals surface area contributed by atoms with Crippen molar-refractivity contribution in [2.24, 2.45) is 11.8 Å². The maximum absolute atomic E-state index is 11.9. The molecule has 5 aromatic rings. The van der Waals surface area contributed by atoms with E-state index in [4.69, 9.17) is 0 Å². The molecule has 1 aliphatic heterocycles. The number of carbonyl (C=O) groups excluding carboxylic acids is 1. The van der Waals surface area contributed by atoms with Gasteiger partial charge < -0.3 is 9.47 Å². The number of hydrogen-bond donors (Lipinski definition) is 1. The van der Waals surface area contributed by atoms with Crippen molar-refractivity contribution in [3.63, 3.8) is 0 Å². The van der Waals surface area contributed by atoms with Gasteiger partial charge in [0.05, 0.1) is 16.4 Å². The van der Waals surface area contributed by atoms with Gasteiger partial charge in [0.25, 0.3) is 5.56 Å². The van der Waals surface area contributed by atoms with E-state index < -0.39 is 0 Å². The fraction of sp³-hybridized carbons (Fsp3) is 0.667. The molecule has 1 amide bonds. The van der Waals surface area contributed by atoms with Crippen molar-refractivity contribution >= 4 is 28.8 Å². The lowest BCUT2D eigenvalue weighted by molar-refractivity contribution is -0.142. The SMILES string of the molecule is CC(C)C1CCCN(C(C)C)C1=O.CC(C)c1cc(C(C)C)[nH]n1.CC(C)c1cc(C(C)C)sn1.CC(C)c1ccc(C(C)C)nc1.CC(C)c1cccn(C(C)C)c1=O.CC(C)c1cnc(C(C)C)s1. The number of carbonyl (C=O) groups is 1. The average molecular weight is 1020 g/mol. The predicted octanol–water partition coefficient (Wildman–Crippen LogP) is 17.6. The van der Waals surface area contributed by atoms with E-state index >= 15 is 0 Å². The van der Waals surface area contributed by atoms with E-state index in [9.17, 15) is 9.59 Å². The average Bonchev–Trinajstić information content (AvgIpc) is 4.10. The highest BCUT2D eigenvalue weighted by molar-refractivity contribution is 7.11. The van der Waals surface area contributed by atoms with Crippen LogP contribution in [0.4, 0.5) is 0 Å². The lowest BCUT2D eigenvalue weighted by Gasteiger charge is -2.36. The Labute approximate surface area is 442 Å². The Hall–Kier alpha value is -3.96. The largest absolute Gasteiger partial charge is 0.340 e. The molecule has 400 valence electrons. The monoisotopic (exact) mass is 1020 g/mol. The lowest BCUT2D eigenvalue weighted by Crippen LogP contribution is -2.46. The van der Waals surface area contributed by atoms with Crippen molar-refractivity contribution in [2.75, 3.05) is 6.54 Å². The van der Waals surface area contributed by atoms with Crippen LogP contribution in [0.2, 0.25) is 0 Å². The van der Waals surface area contributed by atoms with Crippen LogP contribution >= 0.6 is 22.9 Å². The van der Waals surface area contributed by atoms with Gasteiger partial charge in [-0.25, -0.2) is 4.98 Å². The number of aromatic amines is 1. The van der Waals surface area contributed by atoms with Gasteiger partial charge in [-0.15, -0.1) is 11.3 Å². The van der Waals surface area contributed by atoms with Gasteiger partial charge in [0.1, 0.15) is 0 Å². The van der Waals surface area contributed by atoms with E-state index in [1.807, 2.05) is 74.7 Å². The van der Waals surface area contributed by atoms with Crippen molar-refractivity contribution in [2.45, 2.75) is 244 Å². The van der Waals surface area contributed by atoms with Gasteiger partial charge in [-0.1, -0.05) is 151 Å². The first-order valence-corrected chi connectivity index (χ1v) is 28.5. The first kappa shape index (κ1) is 65.1. The number of amides is 1. The van der Waals surface area contributed by atoms with E-state index in [1.165, 1.54) is 43.8 Å². The van der Waals surface area contributed by atoms with Crippen LogP contribution in [0.1, 0.15) is 287 Å². The number of rotatable bonds is 12. The second-order valence-corrected chi connectivity index (χ2v) is 24.7. The maximum atomic E-state index is 11.9. The van der Waals surface area contributed by atoms with Crippen LogP contribution in [0, 0.1) is 11.8 Å². The minimum Gasteiger partial charge on any atom is -0.340 e. The normalized spacial score (nSPS) is 13.8. The Morgan fingerprint density at radius 1 is 0.577 bits per heavy atom. The lowest BCUT2D eigenvalue weighted by atomic mass is 9.86. The number of hydrogen-bond acceptors (Lipinski definition) is 8. The third kappa shape index (κ3) is 22.8. The molecule has 0 bridgehead atoms. The van der Waals surface area contributed by atoms with Gasteiger partial charge in [-0.2, -0.15) is 9.47 Å². The Morgan fingerprint density at radius 2 is 1.17 bits per heavy atom. The number of aromatic nitrogens is 6. The summed E-state index contributed by atoms with van der Waals surface area (Å²) in [4.78, 5) is 37.3. The molecule has 6 heterocycles. The standard InChI is InChI=1S/C11H21NO.C11H17NO.C11H17N.C9H16N2.2C9H15NS/c2*1-8(2)10-6-5-7-12(9(3)4)11(10)13;1-8(2)10-5-6-11(9(3)4)12-7-10;1-6(2)8-5-9(7(3)4)11-10-8;1-6(2)8-5-10-9(11-8)7(3)4;1-6(2)8-5-9(7(3)4)11-10-8/h8-10H,5-7H2,1-4H3;5-9H,1-4H3;5-9H,1-4H3;5-7H,1-4H3,(H,10,11);2*5-7H,1-4H3. The summed E-state index contributed by atoms with van der Waals surface area (Å²) in [5.41, 5.74) is 7.17. The highest BCUT2D eigenvalue weighted by atomic mass is 32.1. The first-order chi connectivity index (χ1) is 33.0. The molecule has 0 saturated carbocycles. The van der Waals surface area contributed by atoms with Gasteiger partial charge in [-0.05, 0) is 135 Å². The van der Waals surface area contributed by atoms with Crippen LogP contribution in [-0.2, 0) is 4.79 Å². The topological polar surface area (TPSA) is 110 Å². The molecule has 5 aromatic heterocycles. The zero-order chi connectivity index (χ0) is 54.4. The number of pyridine rings is 2. The van der Waals surface area contributed by atoms with E-state index in [0.29, 0.717) is 71.1 Å². The first-order valence-electron chi connectivity index (χ1n) is 27.0. The van der Waals surface area contributed by atoms with E-state index in [-0.39, 0.29) is 17.5 Å². The molecular formula is C60H101N7O2S2. The quantitative estimate of drug-likeness (QED) is 0.133. The fourth-order valence-electron chi connectivity index (χ4n) is 7.16. The Balaban J connectivity index is 0.000000427. The smallest absolute Gasteiger partial charge is 0.254 e. The molecule has 1 unspecified atom stereocenters. The fourth-order valence-corrected chi connectivity index (χ4v) is 8.94. The summed E-state index contributed by atoms with van der Waals surface area (Å²) in [6.07, 6.45) is 8.09. The van der Waals surface area contributed by atoms with Crippen LogP contribution < -0.4 is 5.56 Å². The number of nitrogens with one attached hydrogen (secondary N) is 1. The highest BCUT2D eigenvalue weighted by Crippen LogP contribution is 2.28. The summed E-state index contributed by atoms with van der Waals surface area (Å²) in [6, 6.07) is 13.1. The third-order valence-electron chi connectivity index (χ3n) is 12.3. The van der Waals surface area contributed by atoms with E-state index in [0.717, 1.165) is 24.2 Å². The second kappa shape index (κ2) is 32.3. The zero-order valence-corrected chi connectivity index (χ0v) is 50.8. The van der Waals surface area contributed by atoms with Gasteiger partial charge in [0.2, 0.25) is 5.91 Å². The molecule has 0 aromatic carbocycles. The van der Waals surface area contributed by atoms with Gasteiger partial charge in [0.15, 0.2) is 0 Å². The summed E-state index contributed by atoms with van der Waals surface area (Å²) in [6.45, 7) is 52.5. The molecule has 9 nitrogen and oxygen atoms in total. The van der Waals surface area contributed by atoms with E-state index in [1.54, 1.807) is 16.1 Å². The zero-order valence-electron chi connectivity index (χ0n) is 49.1. The summed E-state index contributed by atoms with van der Waals surface area (Å²) in [7, 11) is 0. The molecule has 0 aliphatic carbocycles. The number of piperidine rings is 1. The summed E-state index contributed by atoms with van der Waals surface area (Å²) >= 11 is 3.47. The molecule has 6 rings (SSSR count). The molecule has 1 fully saturated rings. The Morgan fingerprint density at radius 3 is 1.52 bits per heavy atom. The van der Waals surface area contributed by atoms with Gasteiger partial charge >= 0.3 is 0 Å². The molecule has 71 heavy (non-hydrogen) atoms. The van der Waals surface area contributed by atoms with Crippen molar-refractivity contribution < 1.29 is 4.79 Å². The van der Waals surface area contributed by atoms with Crippen molar-refractivity contribution in [1.29, 1.82) is 0 Å². The van der Waals surface area contributed by atoms with Crippen LogP contribution in [0.5, 0.6) is 0 Å². The Kier molecular flexibility index (Phi) is 29.6. The minimum atomic E-state index is 0.146. The minimum absolute atomic E-state index is 0.146. The second-order valence-electron chi connectivity index (χ2n) is 22.8. The summed E-state index contributed by atoms with van der Waals surface area (Å²) < 4.78 is 6.15. The number of nitrogens with zero attached hydrogens (tertiary/aromatic N) is 6. The third-order valence-corrected chi connectivity index (χ3v) is 15.0. The van der Waals surface area contributed by atoms with Crippen molar-refractivity contribution in [3.8, 4) is 0 Å².